The lowest BCUT2D eigenvalue weighted by atomic mass is 10.1. The predicted molar refractivity (Wildman–Crippen MR) is 117 cm³/mol. The second-order valence-corrected chi connectivity index (χ2v) is 7.65. The molecule has 0 saturated heterocycles. The van der Waals surface area contributed by atoms with Crippen LogP contribution in [0.15, 0.2) is 73.3 Å². The van der Waals surface area contributed by atoms with Gasteiger partial charge in [-0.25, -0.2) is 15.0 Å². The quantitative estimate of drug-likeness (QED) is 0.449. The Morgan fingerprint density at radius 2 is 1.90 bits per heavy atom. The fourth-order valence-electron chi connectivity index (χ4n) is 4.22. The molecular weight excluding hydrogens is 388 g/mol. The van der Waals surface area contributed by atoms with Gasteiger partial charge < -0.3 is 9.30 Å². The molecule has 31 heavy (non-hydrogen) atoms. The largest absolute Gasteiger partial charge is 0.371 e. The van der Waals surface area contributed by atoms with Gasteiger partial charge in [0.05, 0.1) is 41.8 Å². The molecule has 2 aromatic carbocycles. The van der Waals surface area contributed by atoms with E-state index in [0.717, 1.165) is 39.8 Å². The van der Waals surface area contributed by atoms with Gasteiger partial charge in [0.15, 0.2) is 5.82 Å². The highest BCUT2D eigenvalue weighted by molar-refractivity contribution is 5.82. The molecule has 1 aliphatic heterocycles. The van der Waals surface area contributed by atoms with Crippen molar-refractivity contribution >= 4 is 11.0 Å². The Labute approximate surface area is 179 Å². The van der Waals surface area contributed by atoms with Crippen LogP contribution >= 0.6 is 0 Å². The van der Waals surface area contributed by atoms with Crippen molar-refractivity contribution in [3.63, 3.8) is 0 Å². The molecule has 0 spiro atoms. The van der Waals surface area contributed by atoms with E-state index in [-0.39, 0.29) is 6.04 Å². The van der Waals surface area contributed by atoms with Crippen LogP contribution in [0.25, 0.3) is 28.1 Å². The zero-order valence-corrected chi connectivity index (χ0v) is 17.0. The normalized spacial score (nSPS) is 15.8. The molecule has 5 aromatic rings. The van der Waals surface area contributed by atoms with E-state index < -0.39 is 0 Å². The molecule has 0 fully saturated rings. The molecule has 4 heterocycles. The third-order valence-corrected chi connectivity index (χ3v) is 5.77. The molecule has 152 valence electrons. The minimum Gasteiger partial charge on any atom is -0.371 e. The number of hydrogen-bond acceptors (Lipinski definition) is 5. The minimum atomic E-state index is 0.0999. The van der Waals surface area contributed by atoms with Crippen LogP contribution in [-0.4, -0.2) is 35.7 Å². The molecule has 0 bridgehead atoms. The third kappa shape index (κ3) is 3.02. The molecule has 7 heteroatoms. The molecule has 0 saturated carbocycles. The molecule has 0 radical (unpaired) electrons. The summed E-state index contributed by atoms with van der Waals surface area (Å²) in [5.41, 5.74) is 5.09. The fraction of sp³-hybridized carbons (Fsp3) is 0.167. The standard InChI is InChI=1S/C24H20N6O/c1-16-25-9-10-29(16)23-13-26-20(12-27-23)18-7-8-19-21(11-18)30-22(14-31-15-24(30)28-19)17-5-3-2-4-6-17/h2-13,22H,14-15H2,1H3. The van der Waals surface area contributed by atoms with E-state index in [4.69, 9.17) is 9.72 Å². The molecule has 6 rings (SSSR count). The van der Waals surface area contributed by atoms with Crippen LogP contribution < -0.4 is 0 Å². The van der Waals surface area contributed by atoms with Gasteiger partial charge in [-0.05, 0) is 24.6 Å². The number of nitrogens with zero attached hydrogens (tertiary/aromatic N) is 6. The average molecular weight is 408 g/mol. The van der Waals surface area contributed by atoms with Gasteiger partial charge in [-0.2, -0.15) is 0 Å². The Kier molecular flexibility index (Phi) is 4.14. The maximum atomic E-state index is 5.85. The highest BCUT2D eigenvalue weighted by Gasteiger charge is 2.25. The number of ether oxygens (including phenoxy) is 1. The Morgan fingerprint density at radius 3 is 2.68 bits per heavy atom. The van der Waals surface area contributed by atoms with Gasteiger partial charge in [-0.15, -0.1) is 0 Å². The summed E-state index contributed by atoms with van der Waals surface area (Å²) in [5, 5.41) is 0. The van der Waals surface area contributed by atoms with Crippen molar-refractivity contribution in [2.45, 2.75) is 19.6 Å². The van der Waals surface area contributed by atoms with E-state index >= 15 is 0 Å². The summed E-state index contributed by atoms with van der Waals surface area (Å²) in [6.07, 6.45) is 7.23. The molecule has 3 aromatic heterocycles. The van der Waals surface area contributed by atoms with Crippen LogP contribution in [0.3, 0.4) is 0 Å². The van der Waals surface area contributed by atoms with E-state index in [1.165, 1.54) is 5.56 Å². The van der Waals surface area contributed by atoms with Gasteiger partial charge in [-0.3, -0.25) is 9.55 Å². The first-order valence-electron chi connectivity index (χ1n) is 10.2. The van der Waals surface area contributed by atoms with Crippen LogP contribution in [-0.2, 0) is 11.3 Å². The van der Waals surface area contributed by atoms with Gasteiger partial charge >= 0.3 is 0 Å². The predicted octanol–water partition coefficient (Wildman–Crippen LogP) is 4.11. The van der Waals surface area contributed by atoms with Gasteiger partial charge in [0.25, 0.3) is 0 Å². The van der Waals surface area contributed by atoms with Gasteiger partial charge in [-0.1, -0.05) is 36.4 Å². The van der Waals surface area contributed by atoms with Crippen LogP contribution in [0.5, 0.6) is 0 Å². The van der Waals surface area contributed by atoms with Crippen molar-refractivity contribution in [1.82, 2.24) is 29.1 Å². The first kappa shape index (κ1) is 18.0. The summed E-state index contributed by atoms with van der Waals surface area (Å²) < 4.78 is 10.1. The Balaban J connectivity index is 1.43. The summed E-state index contributed by atoms with van der Waals surface area (Å²) in [6.45, 7) is 3.09. The van der Waals surface area contributed by atoms with Crippen molar-refractivity contribution < 1.29 is 4.74 Å². The summed E-state index contributed by atoms with van der Waals surface area (Å²) in [7, 11) is 0. The number of hydrogen-bond donors (Lipinski definition) is 0. The summed E-state index contributed by atoms with van der Waals surface area (Å²) in [4.78, 5) is 18.3. The lowest BCUT2D eigenvalue weighted by molar-refractivity contribution is 0.0679. The second-order valence-electron chi connectivity index (χ2n) is 7.65. The van der Waals surface area contributed by atoms with Gasteiger partial charge in [0.1, 0.15) is 18.3 Å². The fourth-order valence-corrected chi connectivity index (χ4v) is 4.22. The van der Waals surface area contributed by atoms with Gasteiger partial charge in [0, 0.05) is 18.0 Å². The first-order chi connectivity index (χ1) is 15.3. The minimum absolute atomic E-state index is 0.0999. The van der Waals surface area contributed by atoms with E-state index in [1.807, 2.05) is 35.9 Å². The van der Waals surface area contributed by atoms with E-state index in [1.54, 1.807) is 18.6 Å². The van der Waals surface area contributed by atoms with Crippen molar-refractivity contribution in [2.75, 3.05) is 6.61 Å². The number of aryl methyl sites for hydroxylation is 1. The Morgan fingerprint density at radius 1 is 1.00 bits per heavy atom. The lowest BCUT2D eigenvalue weighted by Crippen LogP contribution is -2.24. The zero-order chi connectivity index (χ0) is 20.8. The summed E-state index contributed by atoms with van der Waals surface area (Å²) >= 11 is 0. The summed E-state index contributed by atoms with van der Waals surface area (Å²) in [6, 6.07) is 16.8. The molecular formula is C24H20N6O. The Hall–Kier alpha value is -3.84. The zero-order valence-electron chi connectivity index (χ0n) is 17.0. The highest BCUT2D eigenvalue weighted by atomic mass is 16.5. The smallest absolute Gasteiger partial charge is 0.156 e. The third-order valence-electron chi connectivity index (χ3n) is 5.77. The number of rotatable bonds is 3. The van der Waals surface area contributed by atoms with Crippen molar-refractivity contribution in [1.29, 1.82) is 0 Å². The maximum Gasteiger partial charge on any atom is 0.156 e. The molecule has 0 amide bonds. The summed E-state index contributed by atoms with van der Waals surface area (Å²) in [5.74, 6) is 2.58. The topological polar surface area (TPSA) is 70.7 Å². The number of imidazole rings is 2. The lowest BCUT2D eigenvalue weighted by Gasteiger charge is -2.26. The Bertz CT molecular complexity index is 1370. The second kappa shape index (κ2) is 7.14. The van der Waals surface area contributed by atoms with Crippen molar-refractivity contribution in [2.24, 2.45) is 0 Å². The molecule has 7 nitrogen and oxygen atoms in total. The first-order valence-corrected chi connectivity index (χ1v) is 10.2. The van der Waals surface area contributed by atoms with Crippen LogP contribution in [0.1, 0.15) is 23.3 Å². The molecule has 1 unspecified atom stereocenters. The van der Waals surface area contributed by atoms with E-state index in [2.05, 4.69) is 49.9 Å². The molecule has 0 N–H and O–H groups in total. The van der Waals surface area contributed by atoms with Crippen LogP contribution in [0, 0.1) is 6.92 Å². The average Bonchev–Trinajstić information content (AvgIpc) is 3.42. The molecule has 1 aliphatic rings. The molecule has 1 atom stereocenters. The number of benzene rings is 2. The molecule has 0 aliphatic carbocycles. The van der Waals surface area contributed by atoms with Gasteiger partial charge in [0.2, 0.25) is 0 Å². The van der Waals surface area contributed by atoms with Crippen molar-refractivity contribution in [3.05, 3.63) is 90.5 Å². The number of fused-ring (bicyclic) bond motifs is 3. The SMILES string of the molecule is Cc1nccn1-c1cnc(-c2ccc3nc4n(c3c2)C(c2ccccc2)COC4)cn1. The van der Waals surface area contributed by atoms with E-state index in [0.29, 0.717) is 13.2 Å². The monoisotopic (exact) mass is 408 g/mol. The van der Waals surface area contributed by atoms with Crippen LogP contribution in [0.4, 0.5) is 0 Å². The number of aromatic nitrogens is 6. The van der Waals surface area contributed by atoms with Crippen molar-refractivity contribution in [3.8, 4) is 17.1 Å². The van der Waals surface area contributed by atoms with Crippen LogP contribution in [0.2, 0.25) is 0 Å². The highest BCUT2D eigenvalue weighted by Crippen LogP contribution is 2.32. The maximum absolute atomic E-state index is 5.85. The van der Waals surface area contributed by atoms with E-state index in [9.17, 15) is 0 Å².